The van der Waals surface area contributed by atoms with Gasteiger partial charge in [0.15, 0.2) is 0 Å². The molecule has 0 aliphatic carbocycles. The Balaban J connectivity index is 2.16. The van der Waals surface area contributed by atoms with Crippen LogP contribution in [-0.2, 0) is 4.79 Å². The molecule has 1 heterocycles. The first-order valence-corrected chi connectivity index (χ1v) is 6.55. The Bertz CT molecular complexity index is 727. The summed E-state index contributed by atoms with van der Waals surface area (Å²) in [5.41, 5.74) is 0.188. The number of nitrogens with zero attached hydrogens (tertiary/aromatic N) is 2. The third-order valence-electron chi connectivity index (χ3n) is 2.40. The van der Waals surface area contributed by atoms with E-state index in [1.54, 1.807) is 6.92 Å². The highest BCUT2D eigenvalue weighted by molar-refractivity contribution is 7.09. The van der Waals surface area contributed by atoms with Crippen LogP contribution in [0.1, 0.15) is 21.7 Å². The van der Waals surface area contributed by atoms with E-state index in [9.17, 15) is 14.0 Å². The van der Waals surface area contributed by atoms with Gasteiger partial charge in [-0.3, -0.25) is 10.1 Å². The number of carboxylic acids is 1. The van der Waals surface area contributed by atoms with Crippen LogP contribution in [0.3, 0.4) is 0 Å². The molecule has 0 aliphatic heterocycles. The second kappa shape index (κ2) is 6.23. The van der Waals surface area contributed by atoms with Gasteiger partial charge in [0.05, 0.1) is 5.56 Å². The van der Waals surface area contributed by atoms with Crippen LogP contribution in [-0.4, -0.2) is 26.3 Å². The Labute approximate surface area is 123 Å². The highest BCUT2D eigenvalue weighted by Gasteiger charge is 2.13. The van der Waals surface area contributed by atoms with Crippen LogP contribution in [0.15, 0.2) is 24.3 Å². The molecule has 0 saturated carbocycles. The minimum Gasteiger partial charge on any atom is -0.478 e. The van der Waals surface area contributed by atoms with Crippen molar-refractivity contribution >= 4 is 34.6 Å². The van der Waals surface area contributed by atoms with Gasteiger partial charge in [0.2, 0.25) is 5.13 Å². The number of benzene rings is 1. The lowest BCUT2D eigenvalue weighted by atomic mass is 10.1. The Morgan fingerprint density at radius 3 is 2.76 bits per heavy atom. The first-order valence-electron chi connectivity index (χ1n) is 5.78. The van der Waals surface area contributed by atoms with E-state index < -0.39 is 17.7 Å². The maximum atomic E-state index is 13.9. The fourth-order valence-corrected chi connectivity index (χ4v) is 2.07. The van der Waals surface area contributed by atoms with Gasteiger partial charge in [-0.15, -0.1) is 0 Å². The van der Waals surface area contributed by atoms with Crippen LogP contribution in [0.5, 0.6) is 0 Å². The van der Waals surface area contributed by atoms with Crippen molar-refractivity contribution in [2.45, 2.75) is 6.92 Å². The molecular weight excluding hydrogens is 297 g/mol. The van der Waals surface area contributed by atoms with Gasteiger partial charge in [0.1, 0.15) is 11.6 Å². The fraction of sp³-hybridized carbons (Fsp3) is 0.0769. The summed E-state index contributed by atoms with van der Waals surface area (Å²) >= 11 is 1.00. The Morgan fingerprint density at radius 1 is 1.43 bits per heavy atom. The van der Waals surface area contributed by atoms with Crippen molar-refractivity contribution in [2.75, 3.05) is 5.32 Å². The number of anilines is 1. The molecule has 8 heteroatoms. The summed E-state index contributed by atoms with van der Waals surface area (Å²) in [5, 5.41) is 11.2. The maximum Gasteiger partial charge on any atom is 0.328 e. The number of hydrogen-bond acceptors (Lipinski definition) is 5. The highest BCUT2D eigenvalue weighted by Crippen LogP contribution is 2.16. The van der Waals surface area contributed by atoms with Crippen LogP contribution in [0, 0.1) is 12.7 Å². The summed E-state index contributed by atoms with van der Waals surface area (Å²) in [5.74, 6) is -2.01. The fourth-order valence-electron chi connectivity index (χ4n) is 1.50. The van der Waals surface area contributed by atoms with Crippen LogP contribution in [0.4, 0.5) is 9.52 Å². The topological polar surface area (TPSA) is 92.2 Å². The summed E-state index contributed by atoms with van der Waals surface area (Å²) in [6.45, 7) is 1.68. The number of amides is 1. The zero-order valence-corrected chi connectivity index (χ0v) is 11.6. The summed E-state index contributed by atoms with van der Waals surface area (Å²) in [6.07, 6.45) is 2.12. The Morgan fingerprint density at radius 2 is 2.19 bits per heavy atom. The molecule has 21 heavy (non-hydrogen) atoms. The van der Waals surface area contributed by atoms with E-state index in [1.807, 2.05) is 0 Å². The first-order chi connectivity index (χ1) is 9.95. The second-order valence-electron chi connectivity index (χ2n) is 4.01. The largest absolute Gasteiger partial charge is 0.478 e. The molecule has 1 aromatic carbocycles. The third-order valence-corrected chi connectivity index (χ3v) is 3.13. The minimum absolute atomic E-state index is 0.157. The average molecular weight is 307 g/mol. The highest BCUT2D eigenvalue weighted by atomic mass is 32.1. The molecule has 0 radical (unpaired) electrons. The number of aliphatic carboxylic acids is 1. The van der Waals surface area contributed by atoms with Gasteiger partial charge in [0.25, 0.3) is 5.91 Å². The van der Waals surface area contributed by atoms with Gasteiger partial charge < -0.3 is 5.11 Å². The number of carboxylic acid groups (broad SMARTS) is 1. The van der Waals surface area contributed by atoms with E-state index in [4.69, 9.17) is 5.11 Å². The molecule has 2 aromatic rings. The van der Waals surface area contributed by atoms with Gasteiger partial charge in [-0.1, -0.05) is 6.07 Å². The minimum atomic E-state index is -1.14. The molecule has 1 amide bonds. The number of nitrogens with one attached hydrogen (secondary N) is 1. The van der Waals surface area contributed by atoms with Crippen molar-refractivity contribution in [1.29, 1.82) is 0 Å². The lowest BCUT2D eigenvalue weighted by Crippen LogP contribution is -2.13. The zero-order valence-electron chi connectivity index (χ0n) is 10.8. The van der Waals surface area contributed by atoms with Crippen LogP contribution >= 0.6 is 11.5 Å². The molecule has 0 aliphatic rings. The number of hydrogen-bond donors (Lipinski definition) is 2. The van der Waals surface area contributed by atoms with Gasteiger partial charge in [-0.25, -0.2) is 14.2 Å². The van der Waals surface area contributed by atoms with Gasteiger partial charge in [-0.2, -0.15) is 4.37 Å². The van der Waals surface area contributed by atoms with Gasteiger partial charge in [-0.05, 0) is 30.7 Å². The van der Waals surface area contributed by atoms with Crippen molar-refractivity contribution in [3.63, 3.8) is 0 Å². The van der Waals surface area contributed by atoms with E-state index in [2.05, 4.69) is 14.7 Å². The Hall–Kier alpha value is -2.61. The van der Waals surface area contributed by atoms with E-state index >= 15 is 0 Å². The number of carbonyl (C=O) groups is 2. The Kier molecular flexibility index (Phi) is 4.39. The van der Waals surface area contributed by atoms with Crippen LogP contribution in [0.25, 0.3) is 6.08 Å². The number of halogens is 1. The number of rotatable bonds is 4. The number of aryl methyl sites for hydroxylation is 1. The molecule has 0 saturated heterocycles. The van der Waals surface area contributed by atoms with Crippen LogP contribution < -0.4 is 5.32 Å². The van der Waals surface area contributed by atoms with E-state index in [1.165, 1.54) is 18.2 Å². The van der Waals surface area contributed by atoms with Gasteiger partial charge >= 0.3 is 5.97 Å². The van der Waals surface area contributed by atoms with Crippen molar-refractivity contribution in [3.05, 3.63) is 47.0 Å². The normalized spacial score (nSPS) is 10.8. The summed E-state index contributed by atoms with van der Waals surface area (Å²) in [4.78, 5) is 26.2. The predicted octanol–water partition coefficient (Wildman–Crippen LogP) is 2.34. The molecule has 0 bridgehead atoms. The molecule has 2 N–H and O–H groups in total. The zero-order chi connectivity index (χ0) is 15.4. The van der Waals surface area contributed by atoms with Crippen molar-refractivity contribution in [2.24, 2.45) is 0 Å². The SMILES string of the molecule is Cc1nsc(NC(=O)c2ccc(/C=C/C(=O)O)cc2F)n1. The van der Waals surface area contributed by atoms with Gasteiger partial charge in [0, 0.05) is 17.6 Å². The molecular formula is C13H10FN3O3S. The average Bonchev–Trinajstić information content (AvgIpc) is 2.81. The predicted molar refractivity (Wildman–Crippen MR) is 75.7 cm³/mol. The number of carbonyl (C=O) groups excluding carboxylic acids is 1. The quantitative estimate of drug-likeness (QED) is 0.846. The molecule has 1 aromatic heterocycles. The third kappa shape index (κ3) is 3.93. The summed E-state index contributed by atoms with van der Waals surface area (Å²) in [7, 11) is 0. The standard InChI is InChI=1S/C13H10FN3O3S/c1-7-15-13(21-17-7)16-12(20)9-4-2-8(6-10(9)14)3-5-11(18)19/h2-6H,1H3,(H,18,19)(H,15,16,17,20)/b5-3+. The summed E-state index contributed by atoms with van der Waals surface area (Å²) in [6, 6.07) is 3.81. The lowest BCUT2D eigenvalue weighted by molar-refractivity contribution is -0.131. The first kappa shape index (κ1) is 14.8. The monoisotopic (exact) mass is 307 g/mol. The molecule has 0 fully saturated rings. The lowest BCUT2D eigenvalue weighted by Gasteiger charge is -2.03. The smallest absolute Gasteiger partial charge is 0.328 e. The van der Waals surface area contributed by atoms with E-state index in [0.717, 1.165) is 23.7 Å². The van der Waals surface area contributed by atoms with Crippen molar-refractivity contribution in [1.82, 2.24) is 9.36 Å². The molecule has 2 rings (SSSR count). The number of aromatic nitrogens is 2. The molecule has 108 valence electrons. The maximum absolute atomic E-state index is 13.9. The molecule has 0 atom stereocenters. The van der Waals surface area contributed by atoms with E-state index in [-0.39, 0.29) is 10.7 Å². The molecule has 0 unspecified atom stereocenters. The van der Waals surface area contributed by atoms with Crippen LogP contribution in [0.2, 0.25) is 0 Å². The van der Waals surface area contributed by atoms with E-state index in [0.29, 0.717) is 11.4 Å². The van der Waals surface area contributed by atoms with Crippen molar-refractivity contribution in [3.8, 4) is 0 Å². The molecule has 6 nitrogen and oxygen atoms in total. The molecule has 0 spiro atoms. The summed E-state index contributed by atoms with van der Waals surface area (Å²) < 4.78 is 17.8. The van der Waals surface area contributed by atoms with Crippen molar-refractivity contribution < 1.29 is 19.1 Å². The second-order valence-corrected chi connectivity index (χ2v) is 4.76.